The zero-order valence-electron chi connectivity index (χ0n) is 15.3. The number of benzene rings is 1. The van der Waals surface area contributed by atoms with Crippen molar-refractivity contribution in [3.63, 3.8) is 0 Å². The van der Waals surface area contributed by atoms with E-state index in [1.165, 1.54) is 18.5 Å². The maximum absolute atomic E-state index is 12.9. The lowest BCUT2D eigenvalue weighted by Gasteiger charge is -2.25. The summed E-state index contributed by atoms with van der Waals surface area (Å²) in [6.07, 6.45) is -0.383. The second kappa shape index (κ2) is 6.66. The summed E-state index contributed by atoms with van der Waals surface area (Å²) in [5, 5.41) is 0.950. The molecule has 3 aromatic rings. The summed E-state index contributed by atoms with van der Waals surface area (Å²) < 4.78 is 44.2. The number of H-pyrrole nitrogens is 1. The number of hydrogen-bond donors (Lipinski definition) is 2. The van der Waals surface area contributed by atoms with Gasteiger partial charge in [0.25, 0.3) is 0 Å². The molecular formula is C19H20F3N5O. The second-order valence-corrected chi connectivity index (χ2v) is 7.24. The van der Waals surface area contributed by atoms with E-state index in [-0.39, 0.29) is 12.4 Å². The molecule has 1 atom stereocenters. The van der Waals surface area contributed by atoms with Crippen molar-refractivity contribution in [3.05, 3.63) is 47.9 Å². The summed E-state index contributed by atoms with van der Waals surface area (Å²) >= 11 is 0. The third-order valence-corrected chi connectivity index (χ3v) is 5.02. The average Bonchev–Trinajstić information content (AvgIpc) is 3.24. The van der Waals surface area contributed by atoms with Gasteiger partial charge in [-0.2, -0.15) is 13.2 Å². The minimum Gasteiger partial charge on any atom is -0.492 e. The van der Waals surface area contributed by atoms with Crippen LogP contribution >= 0.6 is 0 Å². The number of fused-ring (bicyclic) bond motifs is 1. The first-order chi connectivity index (χ1) is 13.3. The number of nitrogens with one attached hydrogen (secondary N) is 1. The number of aromatic nitrogens is 3. The maximum atomic E-state index is 12.9. The number of anilines is 1. The van der Waals surface area contributed by atoms with Crippen molar-refractivity contribution in [1.29, 1.82) is 0 Å². The number of aromatic amines is 1. The molecule has 1 saturated heterocycles. The molecule has 3 N–H and O–H groups in total. The van der Waals surface area contributed by atoms with Crippen LogP contribution in [-0.2, 0) is 6.18 Å². The Bertz CT molecular complexity index is 1000. The number of nitrogens with zero attached hydrogens (tertiary/aromatic N) is 3. The molecule has 28 heavy (non-hydrogen) atoms. The highest BCUT2D eigenvalue weighted by atomic mass is 19.4. The van der Waals surface area contributed by atoms with E-state index in [0.717, 1.165) is 34.5 Å². The van der Waals surface area contributed by atoms with Gasteiger partial charge in [0.15, 0.2) is 0 Å². The Kier molecular flexibility index (Phi) is 4.41. The minimum atomic E-state index is -4.41. The molecule has 4 rings (SSSR count). The summed E-state index contributed by atoms with van der Waals surface area (Å²) in [4.78, 5) is 13.8. The Morgan fingerprint density at radius 2 is 2.14 bits per heavy atom. The normalized spacial score (nSPS) is 20.1. The molecule has 1 unspecified atom stereocenters. The van der Waals surface area contributed by atoms with Crippen LogP contribution < -0.4 is 15.4 Å². The van der Waals surface area contributed by atoms with Gasteiger partial charge in [-0.1, -0.05) is 6.07 Å². The van der Waals surface area contributed by atoms with Crippen LogP contribution in [0.3, 0.4) is 0 Å². The van der Waals surface area contributed by atoms with E-state index in [1.807, 2.05) is 13.1 Å². The molecule has 0 saturated carbocycles. The topological polar surface area (TPSA) is 80.1 Å². The molecule has 1 aliphatic rings. The Morgan fingerprint density at radius 3 is 2.93 bits per heavy atom. The predicted octanol–water partition coefficient (Wildman–Crippen LogP) is 3.27. The van der Waals surface area contributed by atoms with E-state index >= 15 is 0 Å². The Labute approximate surface area is 159 Å². The van der Waals surface area contributed by atoms with Crippen molar-refractivity contribution in [2.75, 3.05) is 24.6 Å². The SMILES string of the molecule is Cc1c[nH]c2ncnc(N3CCC(N)(COc4cccc(C(F)(F)F)c4)C3)c12. The fraction of sp³-hybridized carbons (Fsp3) is 0.368. The molecule has 6 nitrogen and oxygen atoms in total. The van der Waals surface area contributed by atoms with Crippen molar-refractivity contribution in [3.8, 4) is 5.75 Å². The van der Waals surface area contributed by atoms with Crippen molar-refractivity contribution in [1.82, 2.24) is 15.0 Å². The number of alkyl halides is 3. The van der Waals surface area contributed by atoms with Crippen LogP contribution in [0, 0.1) is 6.92 Å². The standard InChI is InChI=1S/C19H20F3N5O/c1-12-8-24-16-15(12)17(26-11-25-16)27-6-5-18(23,9-27)10-28-14-4-2-3-13(7-14)19(20,21)22/h2-4,7-8,11H,5-6,9-10,23H2,1H3,(H,24,25,26). The van der Waals surface area contributed by atoms with E-state index in [4.69, 9.17) is 10.5 Å². The highest BCUT2D eigenvalue weighted by Crippen LogP contribution is 2.33. The zero-order chi connectivity index (χ0) is 19.9. The molecular weight excluding hydrogens is 371 g/mol. The van der Waals surface area contributed by atoms with Crippen LogP contribution in [0.15, 0.2) is 36.8 Å². The van der Waals surface area contributed by atoms with Crippen LogP contribution in [0.2, 0.25) is 0 Å². The van der Waals surface area contributed by atoms with Gasteiger partial charge in [-0.25, -0.2) is 9.97 Å². The molecule has 148 valence electrons. The highest BCUT2D eigenvalue weighted by molar-refractivity contribution is 5.90. The third-order valence-electron chi connectivity index (χ3n) is 5.02. The van der Waals surface area contributed by atoms with Crippen LogP contribution in [0.1, 0.15) is 17.5 Å². The fourth-order valence-corrected chi connectivity index (χ4v) is 3.52. The van der Waals surface area contributed by atoms with E-state index < -0.39 is 17.3 Å². The first kappa shape index (κ1) is 18.5. The number of halogens is 3. The van der Waals surface area contributed by atoms with Gasteiger partial charge in [0.2, 0.25) is 0 Å². The van der Waals surface area contributed by atoms with E-state index in [1.54, 1.807) is 0 Å². The summed E-state index contributed by atoms with van der Waals surface area (Å²) in [5.74, 6) is 0.958. The monoisotopic (exact) mass is 391 g/mol. The lowest BCUT2D eigenvalue weighted by atomic mass is 10.0. The van der Waals surface area contributed by atoms with Crippen molar-refractivity contribution < 1.29 is 17.9 Å². The van der Waals surface area contributed by atoms with Crippen molar-refractivity contribution in [2.24, 2.45) is 5.73 Å². The fourth-order valence-electron chi connectivity index (χ4n) is 3.52. The highest BCUT2D eigenvalue weighted by Gasteiger charge is 2.37. The molecule has 1 fully saturated rings. The first-order valence-corrected chi connectivity index (χ1v) is 8.88. The van der Waals surface area contributed by atoms with Gasteiger partial charge in [-0.3, -0.25) is 0 Å². The molecule has 0 spiro atoms. The molecule has 1 aliphatic heterocycles. The molecule has 0 aliphatic carbocycles. The van der Waals surface area contributed by atoms with E-state index in [9.17, 15) is 13.2 Å². The van der Waals surface area contributed by atoms with Gasteiger partial charge in [0.05, 0.1) is 16.5 Å². The molecule has 3 heterocycles. The smallest absolute Gasteiger partial charge is 0.416 e. The first-order valence-electron chi connectivity index (χ1n) is 8.88. The van der Waals surface area contributed by atoms with Crippen molar-refractivity contribution in [2.45, 2.75) is 25.1 Å². The predicted molar refractivity (Wildman–Crippen MR) is 99.3 cm³/mol. The summed E-state index contributed by atoms with van der Waals surface area (Å²) in [5.41, 5.74) is 6.85. The quantitative estimate of drug-likeness (QED) is 0.714. The van der Waals surface area contributed by atoms with E-state index in [0.29, 0.717) is 19.5 Å². The Morgan fingerprint density at radius 1 is 1.32 bits per heavy atom. The van der Waals surface area contributed by atoms with Crippen LogP contribution in [0.25, 0.3) is 11.0 Å². The summed E-state index contributed by atoms with van der Waals surface area (Å²) in [6.45, 7) is 3.27. The number of rotatable bonds is 4. The van der Waals surface area contributed by atoms with Crippen LogP contribution in [-0.4, -0.2) is 40.2 Å². The Balaban J connectivity index is 1.48. The number of nitrogens with two attached hydrogens (primary N) is 1. The molecule has 9 heteroatoms. The van der Waals surface area contributed by atoms with Crippen molar-refractivity contribution >= 4 is 16.9 Å². The van der Waals surface area contributed by atoms with Gasteiger partial charge in [-0.15, -0.1) is 0 Å². The molecule has 0 amide bonds. The maximum Gasteiger partial charge on any atom is 0.416 e. The summed E-state index contributed by atoms with van der Waals surface area (Å²) in [6, 6.07) is 4.84. The molecule has 2 aromatic heterocycles. The lowest BCUT2D eigenvalue weighted by Crippen LogP contribution is -2.48. The zero-order valence-corrected chi connectivity index (χ0v) is 15.3. The van der Waals surface area contributed by atoms with Gasteiger partial charge in [0, 0.05) is 19.3 Å². The number of hydrogen-bond acceptors (Lipinski definition) is 5. The largest absolute Gasteiger partial charge is 0.492 e. The number of ether oxygens (including phenoxy) is 1. The van der Waals surface area contributed by atoms with Gasteiger partial charge in [0.1, 0.15) is 30.1 Å². The average molecular weight is 391 g/mol. The summed E-state index contributed by atoms with van der Waals surface area (Å²) in [7, 11) is 0. The lowest BCUT2D eigenvalue weighted by molar-refractivity contribution is -0.137. The van der Waals surface area contributed by atoms with E-state index in [2.05, 4.69) is 19.9 Å². The Hall–Kier alpha value is -2.81. The van der Waals surface area contributed by atoms with Crippen LogP contribution in [0.4, 0.5) is 19.0 Å². The minimum absolute atomic E-state index is 0.116. The third kappa shape index (κ3) is 3.49. The second-order valence-electron chi connectivity index (χ2n) is 7.24. The van der Waals surface area contributed by atoms with Gasteiger partial charge in [-0.05, 0) is 37.1 Å². The molecule has 1 aromatic carbocycles. The molecule has 0 bridgehead atoms. The van der Waals surface area contributed by atoms with Gasteiger partial charge >= 0.3 is 6.18 Å². The molecule has 0 radical (unpaired) electrons. The van der Waals surface area contributed by atoms with Gasteiger partial charge < -0.3 is 20.4 Å². The number of aryl methyl sites for hydroxylation is 1. The van der Waals surface area contributed by atoms with Crippen LogP contribution in [0.5, 0.6) is 5.75 Å².